The summed E-state index contributed by atoms with van der Waals surface area (Å²) < 4.78 is 5.20. The van der Waals surface area contributed by atoms with Gasteiger partial charge in [-0.25, -0.2) is 0 Å². The van der Waals surface area contributed by atoms with Gasteiger partial charge in [0.15, 0.2) is 5.82 Å². The van der Waals surface area contributed by atoms with Gasteiger partial charge >= 0.3 is 0 Å². The molecule has 0 spiro atoms. The number of rotatable bonds is 4. The van der Waals surface area contributed by atoms with Crippen molar-refractivity contribution in [2.75, 3.05) is 0 Å². The number of halogens is 3. The highest BCUT2D eigenvalue weighted by molar-refractivity contribution is 6.35. The molecule has 0 saturated heterocycles. The van der Waals surface area contributed by atoms with Crippen molar-refractivity contribution >= 4 is 47.0 Å². The van der Waals surface area contributed by atoms with Crippen molar-refractivity contribution in [3.05, 3.63) is 80.4 Å². The van der Waals surface area contributed by atoms with Crippen LogP contribution in [0.2, 0.25) is 15.1 Å². The third-order valence-corrected chi connectivity index (χ3v) is 4.09. The predicted molar refractivity (Wildman–Crippen MR) is 93.9 cm³/mol. The van der Waals surface area contributed by atoms with E-state index < -0.39 is 0 Å². The highest BCUT2D eigenvalue weighted by atomic mass is 35.5. The van der Waals surface area contributed by atoms with Gasteiger partial charge in [-0.3, -0.25) is 0 Å². The lowest BCUT2D eigenvalue weighted by molar-refractivity contribution is 0.404. The third kappa shape index (κ3) is 4.14. The average molecular weight is 366 g/mol. The van der Waals surface area contributed by atoms with Crippen molar-refractivity contribution in [1.29, 1.82) is 0 Å². The Morgan fingerprint density at radius 1 is 0.957 bits per heavy atom. The van der Waals surface area contributed by atoms with E-state index in [1.165, 1.54) is 0 Å². The van der Waals surface area contributed by atoms with Crippen molar-refractivity contribution in [3.63, 3.8) is 0 Å². The first-order chi connectivity index (χ1) is 11.1. The normalized spacial score (nSPS) is 11.3. The fourth-order valence-electron chi connectivity index (χ4n) is 2.01. The van der Waals surface area contributed by atoms with Crippen LogP contribution in [0, 0.1) is 0 Å². The maximum absolute atomic E-state index is 6.15. The quantitative estimate of drug-likeness (QED) is 0.587. The molecule has 0 atom stereocenters. The van der Waals surface area contributed by atoms with Crippen LogP contribution in [-0.4, -0.2) is 10.1 Å². The van der Waals surface area contributed by atoms with Gasteiger partial charge in [0.2, 0.25) is 0 Å². The van der Waals surface area contributed by atoms with Crippen molar-refractivity contribution in [2.45, 2.75) is 6.42 Å². The monoisotopic (exact) mass is 364 g/mol. The number of hydrogen-bond acceptors (Lipinski definition) is 3. The van der Waals surface area contributed by atoms with Crippen LogP contribution in [0.4, 0.5) is 0 Å². The van der Waals surface area contributed by atoms with E-state index >= 15 is 0 Å². The maximum atomic E-state index is 6.15. The molecule has 0 radical (unpaired) electrons. The van der Waals surface area contributed by atoms with Crippen LogP contribution < -0.4 is 0 Å². The molecule has 116 valence electrons. The predicted octanol–water partition coefficient (Wildman–Crippen LogP) is 5.79. The minimum Gasteiger partial charge on any atom is -0.335 e. The van der Waals surface area contributed by atoms with Crippen molar-refractivity contribution in [1.82, 2.24) is 10.1 Å². The Morgan fingerprint density at radius 3 is 2.57 bits per heavy atom. The van der Waals surface area contributed by atoms with Gasteiger partial charge in [-0.2, -0.15) is 4.98 Å². The Morgan fingerprint density at radius 2 is 1.78 bits per heavy atom. The van der Waals surface area contributed by atoms with E-state index in [9.17, 15) is 0 Å². The first-order valence-electron chi connectivity index (χ1n) is 6.81. The fraction of sp³-hybridized carbons (Fsp3) is 0.0588. The van der Waals surface area contributed by atoms with Crippen molar-refractivity contribution in [3.8, 4) is 0 Å². The lowest BCUT2D eigenvalue weighted by atomic mass is 10.1. The molecular weight excluding hydrogens is 355 g/mol. The number of aromatic nitrogens is 2. The zero-order valence-electron chi connectivity index (χ0n) is 11.8. The summed E-state index contributed by atoms with van der Waals surface area (Å²) in [4.78, 5) is 4.31. The first-order valence-corrected chi connectivity index (χ1v) is 7.94. The molecular formula is C17H11Cl3N2O. The van der Waals surface area contributed by atoms with Gasteiger partial charge in [-0.1, -0.05) is 64.2 Å². The van der Waals surface area contributed by atoms with Gasteiger partial charge < -0.3 is 4.52 Å². The van der Waals surface area contributed by atoms with Crippen LogP contribution in [0.25, 0.3) is 12.2 Å². The van der Waals surface area contributed by atoms with Crippen LogP contribution in [0.15, 0.2) is 47.0 Å². The molecule has 1 heterocycles. The van der Waals surface area contributed by atoms with E-state index in [4.69, 9.17) is 39.3 Å². The Hall–Kier alpha value is -1.81. The zero-order chi connectivity index (χ0) is 16.2. The third-order valence-electron chi connectivity index (χ3n) is 3.16. The van der Waals surface area contributed by atoms with Crippen molar-refractivity contribution < 1.29 is 4.52 Å². The van der Waals surface area contributed by atoms with Gasteiger partial charge in [0.1, 0.15) is 0 Å². The largest absolute Gasteiger partial charge is 0.335 e. The highest BCUT2D eigenvalue weighted by Crippen LogP contribution is 2.23. The topological polar surface area (TPSA) is 38.9 Å². The molecule has 0 N–H and O–H groups in total. The molecule has 0 fully saturated rings. The van der Waals surface area contributed by atoms with Crippen LogP contribution in [0.5, 0.6) is 0 Å². The number of hydrogen-bond donors (Lipinski definition) is 0. The Bertz CT molecular complexity index is 859. The molecule has 2 aromatic carbocycles. The molecule has 0 aliphatic rings. The molecule has 0 aliphatic carbocycles. The molecule has 0 aliphatic heterocycles. The molecule has 0 bridgehead atoms. The maximum Gasteiger partial charge on any atom is 0.250 e. The number of benzene rings is 2. The molecule has 3 aromatic rings. The Kier molecular flexibility index (Phi) is 5.01. The van der Waals surface area contributed by atoms with Crippen LogP contribution in [-0.2, 0) is 6.42 Å². The summed E-state index contributed by atoms with van der Waals surface area (Å²) in [5.41, 5.74) is 1.77. The molecule has 1 aromatic heterocycles. The fourth-order valence-corrected chi connectivity index (χ4v) is 2.69. The molecule has 0 unspecified atom stereocenters. The Balaban J connectivity index is 1.74. The van der Waals surface area contributed by atoms with E-state index in [0.717, 1.165) is 11.1 Å². The van der Waals surface area contributed by atoms with Gasteiger partial charge in [-0.05, 0) is 35.4 Å². The van der Waals surface area contributed by atoms with Gasteiger partial charge in [0, 0.05) is 27.6 Å². The van der Waals surface area contributed by atoms with Gasteiger partial charge in [0.25, 0.3) is 5.89 Å². The van der Waals surface area contributed by atoms with Crippen LogP contribution in [0.1, 0.15) is 22.8 Å². The molecule has 6 heteroatoms. The zero-order valence-corrected chi connectivity index (χ0v) is 14.1. The summed E-state index contributed by atoms with van der Waals surface area (Å²) in [5, 5.41) is 5.78. The highest BCUT2D eigenvalue weighted by Gasteiger charge is 2.08. The summed E-state index contributed by atoms with van der Waals surface area (Å²) in [7, 11) is 0. The van der Waals surface area contributed by atoms with E-state index in [2.05, 4.69) is 10.1 Å². The van der Waals surface area contributed by atoms with Crippen LogP contribution >= 0.6 is 34.8 Å². The molecule has 0 saturated carbocycles. The SMILES string of the molecule is Clc1ccc(Cc2noc(C=Cc3ccccc3Cl)n2)c(Cl)c1. The summed E-state index contributed by atoms with van der Waals surface area (Å²) >= 11 is 18.1. The second-order valence-electron chi connectivity index (χ2n) is 4.82. The molecule has 23 heavy (non-hydrogen) atoms. The lowest BCUT2D eigenvalue weighted by Crippen LogP contribution is -1.91. The summed E-state index contributed by atoms with van der Waals surface area (Å²) in [6.07, 6.45) is 4.02. The standard InChI is InChI=1S/C17H11Cl3N2O/c18-13-7-5-12(15(20)10-13)9-16-21-17(23-22-16)8-6-11-3-1-2-4-14(11)19/h1-8,10H,9H2. The molecule has 3 nitrogen and oxygen atoms in total. The minimum absolute atomic E-state index is 0.407. The van der Waals surface area contributed by atoms with Gasteiger partial charge in [-0.15, -0.1) is 0 Å². The van der Waals surface area contributed by atoms with E-state index in [0.29, 0.717) is 33.2 Å². The minimum atomic E-state index is 0.407. The van der Waals surface area contributed by atoms with Crippen molar-refractivity contribution in [2.24, 2.45) is 0 Å². The Labute approximate surface area is 148 Å². The number of nitrogens with zero attached hydrogens (tertiary/aromatic N) is 2. The second-order valence-corrected chi connectivity index (χ2v) is 6.07. The average Bonchev–Trinajstić information content (AvgIpc) is 2.97. The smallest absolute Gasteiger partial charge is 0.250 e. The van der Waals surface area contributed by atoms with E-state index in [1.807, 2.05) is 36.4 Å². The second kappa shape index (κ2) is 7.18. The van der Waals surface area contributed by atoms with Crippen LogP contribution in [0.3, 0.4) is 0 Å². The van der Waals surface area contributed by atoms with E-state index in [1.54, 1.807) is 18.2 Å². The summed E-state index contributed by atoms with van der Waals surface area (Å²) in [6, 6.07) is 12.8. The van der Waals surface area contributed by atoms with E-state index in [-0.39, 0.29) is 0 Å². The summed E-state index contributed by atoms with van der Waals surface area (Å²) in [6.45, 7) is 0. The molecule has 0 amide bonds. The van der Waals surface area contributed by atoms with Gasteiger partial charge in [0.05, 0.1) is 0 Å². The molecule has 3 rings (SSSR count). The lowest BCUT2D eigenvalue weighted by Gasteiger charge is -2.00. The summed E-state index contributed by atoms with van der Waals surface area (Å²) in [5.74, 6) is 0.957. The first kappa shape index (κ1) is 16.1.